The monoisotopic (exact) mass is 471 g/mol. The maximum absolute atomic E-state index is 15.0. The number of hydrogen-bond donors (Lipinski definition) is 1. The van der Waals surface area contributed by atoms with Gasteiger partial charge in [-0.25, -0.2) is 9.18 Å². The first-order chi connectivity index (χ1) is 15.8. The van der Waals surface area contributed by atoms with Crippen LogP contribution in [0.25, 0.3) is 11.1 Å². The van der Waals surface area contributed by atoms with Crippen LogP contribution in [-0.4, -0.2) is 46.7 Å². The number of nitrogens with zero attached hydrogens (tertiary/aromatic N) is 2. The predicted molar refractivity (Wildman–Crippen MR) is 128 cm³/mol. The molecule has 7 nitrogen and oxygen atoms in total. The van der Waals surface area contributed by atoms with Crippen molar-refractivity contribution in [1.29, 1.82) is 0 Å². The van der Waals surface area contributed by atoms with E-state index in [-0.39, 0.29) is 24.2 Å². The number of benzene rings is 1. The Balaban J connectivity index is 1.78. The van der Waals surface area contributed by atoms with E-state index in [2.05, 4.69) is 10.3 Å². The number of hydrogen-bond acceptors (Lipinski definition) is 5. The predicted octanol–water partition coefficient (Wildman–Crippen LogP) is 5.18. The highest BCUT2D eigenvalue weighted by atomic mass is 19.1. The third-order valence-electron chi connectivity index (χ3n) is 5.43. The van der Waals surface area contributed by atoms with E-state index in [0.29, 0.717) is 35.3 Å². The lowest BCUT2D eigenvalue weighted by Crippen LogP contribution is -2.52. The van der Waals surface area contributed by atoms with Gasteiger partial charge in [0.2, 0.25) is 0 Å². The fraction of sp³-hybridized carbons (Fsp3) is 0.500. The van der Waals surface area contributed by atoms with Crippen LogP contribution in [0.2, 0.25) is 0 Å². The maximum atomic E-state index is 15.0. The third kappa shape index (κ3) is 6.04. The average Bonchev–Trinajstić information content (AvgIpc) is 2.98. The van der Waals surface area contributed by atoms with Crippen LogP contribution in [0.3, 0.4) is 0 Å². The number of pyridine rings is 1. The number of halogens is 1. The van der Waals surface area contributed by atoms with Crippen molar-refractivity contribution in [3.8, 4) is 16.9 Å². The van der Waals surface area contributed by atoms with E-state index < -0.39 is 23.1 Å². The summed E-state index contributed by atoms with van der Waals surface area (Å²) in [6, 6.07) is 6.35. The van der Waals surface area contributed by atoms with Crippen LogP contribution in [0.1, 0.15) is 64.0 Å². The lowest BCUT2D eigenvalue weighted by molar-refractivity contribution is 0.0406. The fourth-order valence-corrected chi connectivity index (χ4v) is 4.21. The van der Waals surface area contributed by atoms with E-state index in [0.717, 1.165) is 0 Å². The van der Waals surface area contributed by atoms with Gasteiger partial charge < -0.3 is 19.7 Å². The van der Waals surface area contributed by atoms with Gasteiger partial charge in [0.25, 0.3) is 5.91 Å². The number of amides is 2. The summed E-state index contributed by atoms with van der Waals surface area (Å²) in [5.41, 5.74) is 1.01. The molecule has 1 aromatic carbocycles. The van der Waals surface area contributed by atoms with Gasteiger partial charge in [-0.05, 0) is 69.4 Å². The van der Waals surface area contributed by atoms with E-state index in [1.165, 1.54) is 6.07 Å². The zero-order chi connectivity index (χ0) is 25.3. The van der Waals surface area contributed by atoms with Gasteiger partial charge in [0.15, 0.2) is 11.6 Å². The highest BCUT2D eigenvalue weighted by Gasteiger charge is 2.32. The van der Waals surface area contributed by atoms with E-state index >= 15 is 4.39 Å². The number of aromatic nitrogens is 1. The zero-order valence-electron chi connectivity index (χ0n) is 21.0. The van der Waals surface area contributed by atoms with Crippen molar-refractivity contribution < 1.29 is 23.5 Å². The molecule has 3 rings (SSSR count). The number of alkyl carbamates (subject to hydrolysis) is 1. The third-order valence-corrected chi connectivity index (χ3v) is 5.43. The largest absolute Gasteiger partial charge is 0.488 e. The minimum Gasteiger partial charge on any atom is -0.488 e. The Labute approximate surface area is 200 Å². The molecule has 1 aliphatic heterocycles. The van der Waals surface area contributed by atoms with Gasteiger partial charge >= 0.3 is 6.09 Å². The number of fused-ring (bicyclic) bond motifs is 1. The van der Waals surface area contributed by atoms with Crippen LogP contribution in [0, 0.1) is 11.7 Å². The van der Waals surface area contributed by atoms with Gasteiger partial charge in [-0.1, -0.05) is 19.9 Å². The molecule has 184 valence electrons. The van der Waals surface area contributed by atoms with Crippen molar-refractivity contribution in [2.45, 2.75) is 65.6 Å². The lowest BCUT2D eigenvalue weighted by Gasteiger charge is -2.33. The molecule has 2 heterocycles. The van der Waals surface area contributed by atoms with Crippen molar-refractivity contribution in [3.63, 3.8) is 0 Å². The molecule has 0 bridgehead atoms. The SMILES string of the molecule is CC(C)C[C@@](C)(COc1ccc(-c2ccnc3c2C(=O)N(C)C3)cc1F)NC(=O)OC(C)(C)C. The lowest BCUT2D eigenvalue weighted by atomic mass is 9.91. The van der Waals surface area contributed by atoms with Gasteiger partial charge in [-0.2, -0.15) is 0 Å². The highest BCUT2D eigenvalue weighted by molar-refractivity contribution is 6.03. The Morgan fingerprint density at radius 1 is 1.24 bits per heavy atom. The van der Waals surface area contributed by atoms with Crippen LogP contribution in [0.15, 0.2) is 30.5 Å². The van der Waals surface area contributed by atoms with Crippen molar-refractivity contribution in [1.82, 2.24) is 15.2 Å². The molecule has 0 aliphatic carbocycles. The number of ether oxygens (including phenoxy) is 2. The summed E-state index contributed by atoms with van der Waals surface area (Å²) in [6.45, 7) is 11.8. The summed E-state index contributed by atoms with van der Waals surface area (Å²) in [4.78, 5) is 30.8. The Morgan fingerprint density at radius 3 is 2.56 bits per heavy atom. The number of carbonyl (C=O) groups excluding carboxylic acids is 2. The molecule has 0 saturated carbocycles. The first-order valence-corrected chi connectivity index (χ1v) is 11.5. The molecule has 8 heteroatoms. The smallest absolute Gasteiger partial charge is 0.408 e. The van der Waals surface area contributed by atoms with Crippen molar-refractivity contribution >= 4 is 12.0 Å². The zero-order valence-corrected chi connectivity index (χ0v) is 21.0. The number of rotatable bonds is 7. The summed E-state index contributed by atoms with van der Waals surface area (Å²) in [7, 11) is 1.71. The summed E-state index contributed by atoms with van der Waals surface area (Å²) >= 11 is 0. The number of carbonyl (C=O) groups is 2. The molecule has 0 spiro atoms. The molecular formula is C26H34FN3O4. The molecule has 1 aromatic heterocycles. The molecule has 0 fully saturated rings. The Bertz CT molecular complexity index is 1080. The van der Waals surface area contributed by atoms with Crippen molar-refractivity contribution in [3.05, 3.63) is 47.5 Å². The van der Waals surface area contributed by atoms with Crippen LogP contribution in [0.4, 0.5) is 9.18 Å². The van der Waals surface area contributed by atoms with E-state index in [4.69, 9.17) is 9.47 Å². The first kappa shape index (κ1) is 25.5. The van der Waals surface area contributed by atoms with Gasteiger partial charge in [-0.15, -0.1) is 0 Å². The Hall–Kier alpha value is -3.16. The number of nitrogens with one attached hydrogen (secondary N) is 1. The summed E-state index contributed by atoms with van der Waals surface area (Å²) in [5, 5.41) is 2.89. The van der Waals surface area contributed by atoms with Crippen LogP contribution in [0.5, 0.6) is 5.75 Å². The molecule has 0 unspecified atom stereocenters. The minimum absolute atomic E-state index is 0.0641. The maximum Gasteiger partial charge on any atom is 0.408 e. The first-order valence-electron chi connectivity index (χ1n) is 11.5. The summed E-state index contributed by atoms with van der Waals surface area (Å²) < 4.78 is 26.3. The molecule has 2 amide bonds. The molecular weight excluding hydrogens is 437 g/mol. The summed E-state index contributed by atoms with van der Waals surface area (Å²) in [6.07, 6.45) is 1.70. The quantitative estimate of drug-likeness (QED) is 0.602. The van der Waals surface area contributed by atoms with Crippen molar-refractivity contribution in [2.75, 3.05) is 13.7 Å². The van der Waals surface area contributed by atoms with Gasteiger partial charge in [0, 0.05) is 13.2 Å². The molecule has 1 N–H and O–H groups in total. The minimum atomic E-state index is -0.759. The molecule has 34 heavy (non-hydrogen) atoms. The second-order valence-corrected chi connectivity index (χ2v) is 10.6. The van der Waals surface area contributed by atoms with Crippen LogP contribution >= 0.6 is 0 Å². The molecule has 1 aliphatic rings. The topological polar surface area (TPSA) is 80.8 Å². The Morgan fingerprint density at radius 2 is 1.94 bits per heavy atom. The molecule has 0 radical (unpaired) electrons. The second-order valence-electron chi connectivity index (χ2n) is 10.6. The molecule has 2 aromatic rings. The van der Waals surface area contributed by atoms with Crippen LogP contribution < -0.4 is 10.1 Å². The standard InChI is InChI=1S/C26H34FN3O4/c1-16(2)13-26(6,29-24(32)34-25(3,4)5)15-33-21-9-8-17(12-19(21)27)18-10-11-28-20-14-30(7)23(31)22(18)20/h8-12,16H,13-15H2,1-7H3,(H,29,32)/t26-/m0/s1. The van der Waals surface area contributed by atoms with Gasteiger partial charge in [-0.3, -0.25) is 9.78 Å². The summed E-state index contributed by atoms with van der Waals surface area (Å²) in [5.74, 6) is -0.346. The fourth-order valence-electron chi connectivity index (χ4n) is 4.21. The van der Waals surface area contributed by atoms with Crippen molar-refractivity contribution in [2.24, 2.45) is 5.92 Å². The molecule has 1 atom stereocenters. The van der Waals surface area contributed by atoms with E-state index in [9.17, 15) is 9.59 Å². The highest BCUT2D eigenvalue weighted by Crippen LogP contribution is 2.33. The Kier molecular flexibility index (Phi) is 7.19. The van der Waals surface area contributed by atoms with Gasteiger partial charge in [0.1, 0.15) is 12.2 Å². The van der Waals surface area contributed by atoms with E-state index in [1.807, 2.05) is 20.8 Å². The van der Waals surface area contributed by atoms with Gasteiger partial charge in [0.05, 0.1) is 23.3 Å². The molecule has 0 saturated heterocycles. The van der Waals surface area contributed by atoms with Crippen LogP contribution in [-0.2, 0) is 11.3 Å². The normalized spacial score (nSPS) is 15.2. The average molecular weight is 472 g/mol. The van der Waals surface area contributed by atoms with E-state index in [1.54, 1.807) is 57.1 Å². The second kappa shape index (κ2) is 9.60.